The van der Waals surface area contributed by atoms with Gasteiger partial charge in [-0.1, -0.05) is 23.2 Å². The second-order valence-electron chi connectivity index (χ2n) is 5.49. The molecule has 1 aromatic carbocycles. The van der Waals surface area contributed by atoms with Crippen LogP contribution >= 0.6 is 23.2 Å². The lowest BCUT2D eigenvalue weighted by molar-refractivity contribution is 0.102. The van der Waals surface area contributed by atoms with Crippen LogP contribution in [0.5, 0.6) is 0 Å². The Bertz CT molecular complexity index is 671. The van der Waals surface area contributed by atoms with Crippen LogP contribution in [-0.2, 0) is 0 Å². The van der Waals surface area contributed by atoms with Crippen molar-refractivity contribution in [3.63, 3.8) is 0 Å². The number of hydrogen-bond donors (Lipinski definition) is 2. The molecular formula is C16H19Cl2N5O. The van der Waals surface area contributed by atoms with Crippen molar-refractivity contribution in [3.05, 3.63) is 46.2 Å². The van der Waals surface area contributed by atoms with E-state index >= 15 is 0 Å². The first-order valence-electron chi connectivity index (χ1n) is 7.42. The maximum absolute atomic E-state index is 12.2. The van der Waals surface area contributed by atoms with Gasteiger partial charge in [-0.25, -0.2) is 9.97 Å². The van der Waals surface area contributed by atoms with E-state index in [9.17, 15) is 4.79 Å². The van der Waals surface area contributed by atoms with Gasteiger partial charge in [-0.05, 0) is 45.3 Å². The SMILES string of the molecule is CN(C)CCCNc1ncc(C(=O)Nc2cc(Cl)cc(Cl)c2)cn1. The molecule has 0 aliphatic carbocycles. The Balaban J connectivity index is 1.91. The molecule has 2 N–H and O–H groups in total. The molecule has 0 fully saturated rings. The predicted molar refractivity (Wildman–Crippen MR) is 98.1 cm³/mol. The van der Waals surface area contributed by atoms with Gasteiger partial charge in [0.05, 0.1) is 5.56 Å². The molecule has 0 saturated heterocycles. The molecule has 8 heteroatoms. The molecule has 0 aliphatic rings. The molecule has 1 heterocycles. The second-order valence-corrected chi connectivity index (χ2v) is 6.36. The number of rotatable bonds is 7. The number of halogens is 2. The molecule has 0 saturated carbocycles. The van der Waals surface area contributed by atoms with Crippen LogP contribution in [-0.4, -0.2) is 48.0 Å². The number of nitrogens with zero attached hydrogens (tertiary/aromatic N) is 3. The second kappa shape index (κ2) is 8.82. The van der Waals surface area contributed by atoms with Crippen molar-refractivity contribution in [3.8, 4) is 0 Å². The molecule has 0 aliphatic heterocycles. The molecule has 0 bridgehead atoms. The van der Waals surface area contributed by atoms with Crippen LogP contribution in [0.2, 0.25) is 10.0 Å². The van der Waals surface area contributed by atoms with Gasteiger partial charge in [0, 0.05) is 34.7 Å². The monoisotopic (exact) mass is 367 g/mol. The van der Waals surface area contributed by atoms with Crippen LogP contribution < -0.4 is 10.6 Å². The minimum Gasteiger partial charge on any atom is -0.354 e. The maximum Gasteiger partial charge on any atom is 0.258 e. The number of aromatic nitrogens is 2. The number of benzene rings is 1. The molecule has 0 atom stereocenters. The molecule has 2 rings (SSSR count). The normalized spacial score (nSPS) is 10.7. The topological polar surface area (TPSA) is 70.2 Å². The van der Waals surface area contributed by atoms with Crippen LogP contribution in [0, 0.1) is 0 Å². The van der Waals surface area contributed by atoms with Gasteiger partial charge in [-0.15, -0.1) is 0 Å². The summed E-state index contributed by atoms with van der Waals surface area (Å²) in [6.45, 7) is 1.75. The van der Waals surface area contributed by atoms with Gasteiger partial charge in [0.15, 0.2) is 0 Å². The highest BCUT2D eigenvalue weighted by molar-refractivity contribution is 6.35. The van der Waals surface area contributed by atoms with Crippen molar-refractivity contribution in [2.24, 2.45) is 0 Å². The Labute approximate surface area is 151 Å². The Kier molecular flexibility index (Phi) is 6.78. The lowest BCUT2D eigenvalue weighted by Gasteiger charge is -2.10. The van der Waals surface area contributed by atoms with Gasteiger partial charge in [-0.3, -0.25) is 4.79 Å². The van der Waals surface area contributed by atoms with E-state index in [-0.39, 0.29) is 5.91 Å². The summed E-state index contributed by atoms with van der Waals surface area (Å²) in [7, 11) is 4.05. The number of hydrogen-bond acceptors (Lipinski definition) is 5. The number of nitrogens with one attached hydrogen (secondary N) is 2. The van der Waals surface area contributed by atoms with Crippen molar-refractivity contribution >= 4 is 40.7 Å². The van der Waals surface area contributed by atoms with Gasteiger partial charge in [0.2, 0.25) is 5.95 Å². The average Bonchev–Trinajstić information content (AvgIpc) is 2.51. The molecule has 1 amide bonds. The van der Waals surface area contributed by atoms with Crippen molar-refractivity contribution in [1.82, 2.24) is 14.9 Å². The number of carbonyl (C=O) groups is 1. The first-order chi connectivity index (χ1) is 11.4. The van der Waals surface area contributed by atoms with Crippen LogP contribution in [0.4, 0.5) is 11.6 Å². The molecule has 0 unspecified atom stereocenters. The van der Waals surface area contributed by atoms with E-state index in [0.717, 1.165) is 19.5 Å². The zero-order valence-corrected chi connectivity index (χ0v) is 15.0. The van der Waals surface area contributed by atoms with E-state index in [0.29, 0.717) is 27.2 Å². The van der Waals surface area contributed by atoms with Gasteiger partial charge in [0.25, 0.3) is 5.91 Å². The van der Waals surface area contributed by atoms with Crippen molar-refractivity contribution in [2.75, 3.05) is 37.8 Å². The third-order valence-electron chi connectivity index (χ3n) is 3.10. The van der Waals surface area contributed by atoms with E-state index in [1.807, 2.05) is 14.1 Å². The fourth-order valence-electron chi connectivity index (χ4n) is 1.96. The van der Waals surface area contributed by atoms with Crippen molar-refractivity contribution in [2.45, 2.75) is 6.42 Å². The molecule has 24 heavy (non-hydrogen) atoms. The largest absolute Gasteiger partial charge is 0.354 e. The van der Waals surface area contributed by atoms with Gasteiger partial charge in [-0.2, -0.15) is 0 Å². The van der Waals surface area contributed by atoms with E-state index in [1.54, 1.807) is 18.2 Å². The minimum atomic E-state index is -0.326. The summed E-state index contributed by atoms with van der Waals surface area (Å²) in [5, 5.41) is 6.73. The Morgan fingerprint density at radius 1 is 1.12 bits per heavy atom. The highest BCUT2D eigenvalue weighted by Gasteiger charge is 2.09. The van der Waals surface area contributed by atoms with Crippen LogP contribution in [0.1, 0.15) is 16.8 Å². The molecule has 6 nitrogen and oxygen atoms in total. The average molecular weight is 368 g/mol. The quantitative estimate of drug-likeness (QED) is 0.733. The Morgan fingerprint density at radius 3 is 2.33 bits per heavy atom. The van der Waals surface area contributed by atoms with E-state index < -0.39 is 0 Å². The lowest BCUT2D eigenvalue weighted by atomic mass is 10.3. The molecular weight excluding hydrogens is 349 g/mol. The Hall–Kier alpha value is -1.89. The standard InChI is InChI=1S/C16H19Cl2N5O/c1-23(2)5-3-4-19-16-20-9-11(10-21-16)15(24)22-14-7-12(17)6-13(18)8-14/h6-10H,3-5H2,1-2H3,(H,22,24)(H,19,20,21). The minimum absolute atomic E-state index is 0.326. The smallest absolute Gasteiger partial charge is 0.258 e. The van der Waals surface area contributed by atoms with Crippen LogP contribution in [0.25, 0.3) is 0 Å². The van der Waals surface area contributed by atoms with Gasteiger partial charge in [0.1, 0.15) is 0 Å². The highest BCUT2D eigenvalue weighted by Crippen LogP contribution is 2.22. The summed E-state index contributed by atoms with van der Waals surface area (Å²) in [6.07, 6.45) is 3.93. The summed E-state index contributed by atoms with van der Waals surface area (Å²) in [5.74, 6) is 0.170. The fourth-order valence-corrected chi connectivity index (χ4v) is 2.49. The Morgan fingerprint density at radius 2 is 1.75 bits per heavy atom. The lowest BCUT2D eigenvalue weighted by Crippen LogP contribution is -2.17. The number of carbonyl (C=O) groups excluding carboxylic acids is 1. The van der Waals surface area contributed by atoms with Gasteiger partial charge < -0.3 is 15.5 Å². The van der Waals surface area contributed by atoms with E-state index in [1.165, 1.54) is 12.4 Å². The molecule has 128 valence electrons. The molecule has 0 spiro atoms. The molecule has 0 radical (unpaired) electrons. The summed E-state index contributed by atoms with van der Waals surface area (Å²) in [4.78, 5) is 22.6. The maximum atomic E-state index is 12.2. The molecule has 2 aromatic rings. The summed E-state index contributed by atoms with van der Waals surface area (Å²) >= 11 is 11.8. The number of anilines is 2. The first kappa shape index (κ1) is 18.4. The summed E-state index contributed by atoms with van der Waals surface area (Å²) in [5.41, 5.74) is 0.869. The van der Waals surface area contributed by atoms with Crippen molar-refractivity contribution < 1.29 is 4.79 Å². The van der Waals surface area contributed by atoms with E-state index in [4.69, 9.17) is 23.2 Å². The zero-order chi connectivity index (χ0) is 17.5. The summed E-state index contributed by atoms with van der Waals surface area (Å²) in [6, 6.07) is 4.83. The van der Waals surface area contributed by atoms with E-state index in [2.05, 4.69) is 25.5 Å². The zero-order valence-electron chi connectivity index (χ0n) is 13.5. The number of amides is 1. The van der Waals surface area contributed by atoms with Gasteiger partial charge >= 0.3 is 0 Å². The fraction of sp³-hybridized carbons (Fsp3) is 0.312. The highest BCUT2D eigenvalue weighted by atomic mass is 35.5. The summed E-state index contributed by atoms with van der Waals surface area (Å²) < 4.78 is 0. The third kappa shape index (κ3) is 5.96. The van der Waals surface area contributed by atoms with Crippen LogP contribution in [0.3, 0.4) is 0 Å². The van der Waals surface area contributed by atoms with Crippen LogP contribution in [0.15, 0.2) is 30.6 Å². The molecule has 1 aromatic heterocycles. The third-order valence-corrected chi connectivity index (χ3v) is 3.54. The predicted octanol–water partition coefficient (Wildman–Crippen LogP) is 3.40. The first-order valence-corrected chi connectivity index (χ1v) is 8.18. The van der Waals surface area contributed by atoms with Crippen molar-refractivity contribution in [1.29, 1.82) is 0 Å².